The van der Waals surface area contributed by atoms with Crippen LogP contribution < -0.4 is 0 Å². The highest BCUT2D eigenvalue weighted by Crippen LogP contribution is 2.32. The molecular formula is C15H23NO3. The minimum absolute atomic E-state index is 0.309. The molecule has 0 saturated heterocycles. The molecule has 4 nitrogen and oxygen atoms in total. The maximum absolute atomic E-state index is 11.7. The maximum atomic E-state index is 11.7. The molecule has 0 radical (unpaired) electrons. The van der Waals surface area contributed by atoms with E-state index in [2.05, 4.69) is 11.9 Å². The number of methoxy groups -OCH3 is 1. The second-order valence-electron chi connectivity index (χ2n) is 5.26. The molecule has 0 unspecified atom stereocenters. The van der Waals surface area contributed by atoms with Crippen LogP contribution in [0, 0.1) is 0 Å². The smallest absolute Gasteiger partial charge is 0.375 e. The van der Waals surface area contributed by atoms with E-state index in [9.17, 15) is 4.79 Å². The Morgan fingerprint density at radius 2 is 2.00 bits per heavy atom. The van der Waals surface area contributed by atoms with Crippen LogP contribution in [0.15, 0.2) is 4.42 Å². The van der Waals surface area contributed by atoms with Gasteiger partial charge in [-0.1, -0.05) is 39.0 Å². The van der Waals surface area contributed by atoms with Gasteiger partial charge in [0.2, 0.25) is 5.76 Å². The van der Waals surface area contributed by atoms with E-state index >= 15 is 0 Å². The molecule has 0 amide bonds. The third kappa shape index (κ3) is 3.37. The molecule has 0 spiro atoms. The van der Waals surface area contributed by atoms with E-state index in [1.54, 1.807) is 0 Å². The molecule has 0 aliphatic heterocycles. The lowest BCUT2D eigenvalue weighted by molar-refractivity contribution is 0.0560. The van der Waals surface area contributed by atoms with Gasteiger partial charge in [-0.3, -0.25) is 0 Å². The fourth-order valence-electron chi connectivity index (χ4n) is 2.73. The zero-order chi connectivity index (χ0) is 13.7. The lowest BCUT2D eigenvalue weighted by Gasteiger charge is -2.08. The maximum Gasteiger partial charge on any atom is 0.375 e. The monoisotopic (exact) mass is 265 g/mol. The minimum Gasteiger partial charge on any atom is -0.463 e. The molecule has 1 aliphatic rings. The minimum atomic E-state index is -0.407. The number of nitrogens with zero attached hydrogens (tertiary/aromatic N) is 1. The van der Waals surface area contributed by atoms with E-state index in [0.29, 0.717) is 11.7 Å². The van der Waals surface area contributed by atoms with E-state index < -0.39 is 5.97 Å². The Hall–Kier alpha value is -1.32. The fraction of sp³-hybridized carbons (Fsp3) is 0.733. The number of carbonyl (C=O) groups is 1. The Morgan fingerprint density at radius 1 is 1.32 bits per heavy atom. The first-order valence-electron chi connectivity index (χ1n) is 7.34. The number of esters is 1. The van der Waals surface area contributed by atoms with E-state index in [0.717, 1.165) is 37.3 Å². The lowest BCUT2D eigenvalue weighted by Crippen LogP contribution is -2.03. The molecule has 0 bridgehead atoms. The van der Waals surface area contributed by atoms with Crippen LogP contribution in [0.2, 0.25) is 0 Å². The summed E-state index contributed by atoms with van der Waals surface area (Å²) < 4.78 is 10.5. The van der Waals surface area contributed by atoms with Crippen LogP contribution >= 0.6 is 0 Å². The van der Waals surface area contributed by atoms with Crippen LogP contribution in [0.1, 0.15) is 79.9 Å². The summed E-state index contributed by atoms with van der Waals surface area (Å²) in [4.78, 5) is 16.3. The van der Waals surface area contributed by atoms with Crippen molar-refractivity contribution in [1.82, 2.24) is 4.98 Å². The molecule has 0 atom stereocenters. The van der Waals surface area contributed by atoms with Gasteiger partial charge in [0.05, 0.1) is 12.8 Å². The summed E-state index contributed by atoms with van der Waals surface area (Å²) >= 11 is 0. The van der Waals surface area contributed by atoms with Gasteiger partial charge in [-0.15, -0.1) is 0 Å². The second kappa shape index (κ2) is 6.73. The first-order valence-corrected chi connectivity index (χ1v) is 7.34. The first-order chi connectivity index (χ1) is 9.26. The highest BCUT2D eigenvalue weighted by atomic mass is 16.5. The summed E-state index contributed by atoms with van der Waals surface area (Å²) in [6, 6.07) is 0. The molecular weight excluding hydrogens is 242 g/mol. The predicted molar refractivity (Wildman–Crippen MR) is 72.3 cm³/mol. The zero-order valence-electron chi connectivity index (χ0n) is 11.9. The molecule has 106 valence electrons. The molecule has 1 aromatic rings. The average molecular weight is 265 g/mol. The molecule has 4 heteroatoms. The van der Waals surface area contributed by atoms with Crippen LogP contribution in [0.3, 0.4) is 0 Å². The van der Waals surface area contributed by atoms with Gasteiger partial charge < -0.3 is 9.15 Å². The number of aromatic nitrogens is 1. The first kappa shape index (κ1) is 14.1. The van der Waals surface area contributed by atoms with Crippen molar-refractivity contribution >= 4 is 5.97 Å². The second-order valence-corrected chi connectivity index (χ2v) is 5.26. The summed E-state index contributed by atoms with van der Waals surface area (Å²) in [5, 5.41) is 0. The number of hydrogen-bond donors (Lipinski definition) is 0. The van der Waals surface area contributed by atoms with Crippen molar-refractivity contribution < 1.29 is 13.9 Å². The summed E-state index contributed by atoms with van der Waals surface area (Å²) in [7, 11) is 1.38. The van der Waals surface area contributed by atoms with Gasteiger partial charge in [0.25, 0.3) is 0 Å². The molecule has 1 fully saturated rings. The van der Waals surface area contributed by atoms with E-state index in [1.807, 2.05) is 0 Å². The Labute approximate surface area is 114 Å². The van der Waals surface area contributed by atoms with Gasteiger partial charge >= 0.3 is 5.97 Å². The van der Waals surface area contributed by atoms with E-state index in [-0.39, 0.29) is 0 Å². The summed E-state index contributed by atoms with van der Waals surface area (Å²) in [5.41, 5.74) is 0.758. The predicted octanol–water partition coefficient (Wildman–Crippen LogP) is 3.85. The molecule has 1 aromatic heterocycles. The third-order valence-corrected chi connectivity index (χ3v) is 3.78. The van der Waals surface area contributed by atoms with E-state index in [1.165, 1.54) is 32.8 Å². The fourth-order valence-corrected chi connectivity index (χ4v) is 2.73. The molecule has 0 aromatic carbocycles. The highest BCUT2D eigenvalue weighted by Gasteiger charge is 2.25. The number of rotatable bonds is 4. The normalized spacial score (nSPS) is 17.2. The van der Waals surface area contributed by atoms with Crippen molar-refractivity contribution in [2.24, 2.45) is 0 Å². The SMILES string of the molecule is CCCc1nc(C2CCCCCC2)oc1C(=O)OC. The lowest BCUT2D eigenvalue weighted by atomic mass is 10.0. The van der Waals surface area contributed by atoms with Gasteiger partial charge in [-0.25, -0.2) is 9.78 Å². The third-order valence-electron chi connectivity index (χ3n) is 3.78. The Kier molecular flexibility index (Phi) is 5.00. The molecule has 0 N–H and O–H groups in total. The molecule has 19 heavy (non-hydrogen) atoms. The summed E-state index contributed by atoms with van der Waals surface area (Å²) in [6.07, 6.45) is 8.99. The molecule has 1 aliphatic carbocycles. The number of aryl methyl sites for hydroxylation is 1. The van der Waals surface area contributed by atoms with Crippen molar-refractivity contribution in [3.63, 3.8) is 0 Å². The van der Waals surface area contributed by atoms with Gasteiger partial charge in [0, 0.05) is 5.92 Å². The van der Waals surface area contributed by atoms with Crippen LogP contribution in [0.25, 0.3) is 0 Å². The van der Waals surface area contributed by atoms with Crippen LogP contribution in [-0.4, -0.2) is 18.1 Å². The largest absolute Gasteiger partial charge is 0.463 e. The Bertz CT molecular complexity index is 417. The average Bonchev–Trinajstić information content (AvgIpc) is 2.65. The van der Waals surface area contributed by atoms with Crippen LogP contribution in [0.4, 0.5) is 0 Å². The van der Waals surface area contributed by atoms with Gasteiger partial charge in [0.1, 0.15) is 0 Å². The van der Waals surface area contributed by atoms with Crippen molar-refractivity contribution in [2.45, 2.75) is 64.2 Å². The van der Waals surface area contributed by atoms with Crippen molar-refractivity contribution in [3.05, 3.63) is 17.3 Å². The van der Waals surface area contributed by atoms with E-state index in [4.69, 9.17) is 9.15 Å². The van der Waals surface area contributed by atoms with Crippen molar-refractivity contribution in [2.75, 3.05) is 7.11 Å². The summed E-state index contributed by atoms with van der Waals surface area (Å²) in [5.74, 6) is 1.02. The van der Waals surface area contributed by atoms with Crippen LogP contribution in [-0.2, 0) is 11.2 Å². The summed E-state index contributed by atoms with van der Waals surface area (Å²) in [6.45, 7) is 2.07. The Morgan fingerprint density at radius 3 is 2.58 bits per heavy atom. The van der Waals surface area contributed by atoms with Gasteiger partial charge in [-0.2, -0.15) is 0 Å². The molecule has 1 saturated carbocycles. The number of hydrogen-bond acceptors (Lipinski definition) is 4. The number of ether oxygens (including phenoxy) is 1. The zero-order valence-corrected chi connectivity index (χ0v) is 11.9. The highest BCUT2D eigenvalue weighted by molar-refractivity contribution is 5.87. The van der Waals surface area contributed by atoms with Crippen LogP contribution in [0.5, 0.6) is 0 Å². The molecule has 1 heterocycles. The van der Waals surface area contributed by atoms with Gasteiger partial charge in [0.15, 0.2) is 5.89 Å². The molecule has 2 rings (SSSR count). The standard InChI is InChI=1S/C15H23NO3/c1-3-8-12-13(15(17)18-2)19-14(16-12)11-9-6-4-5-7-10-11/h11H,3-10H2,1-2H3. The number of oxazole rings is 1. The Balaban J connectivity index is 2.22. The topological polar surface area (TPSA) is 52.3 Å². The van der Waals surface area contributed by atoms with Gasteiger partial charge in [-0.05, 0) is 19.3 Å². The van der Waals surface area contributed by atoms with Crippen molar-refractivity contribution in [1.29, 1.82) is 0 Å². The number of carbonyl (C=O) groups excluding carboxylic acids is 1. The quantitative estimate of drug-likeness (QED) is 0.613. The van der Waals surface area contributed by atoms with Crippen molar-refractivity contribution in [3.8, 4) is 0 Å².